The van der Waals surface area contributed by atoms with Crippen LogP contribution in [-0.4, -0.2) is 72.7 Å². The minimum atomic E-state index is -1.23. The Labute approximate surface area is 128 Å². The van der Waals surface area contributed by atoms with Crippen molar-refractivity contribution in [3.8, 4) is 0 Å². The highest BCUT2D eigenvalue weighted by molar-refractivity contribution is 7.98. The summed E-state index contributed by atoms with van der Waals surface area (Å²) in [5.74, 6) is 0. The summed E-state index contributed by atoms with van der Waals surface area (Å²) < 4.78 is 17.4. The second-order valence-corrected chi connectivity index (χ2v) is 5.24. The van der Waals surface area contributed by atoms with Crippen LogP contribution in [0.3, 0.4) is 0 Å². The van der Waals surface area contributed by atoms with Crippen LogP contribution >= 0.6 is 11.8 Å². The number of fused-ring (bicyclic) bond motifs is 1. The predicted molar refractivity (Wildman–Crippen MR) is 75.4 cm³/mol. The van der Waals surface area contributed by atoms with Crippen LogP contribution in [0.15, 0.2) is 11.4 Å². The minimum Gasteiger partial charge on any atom is -0.388 e. The molecule has 3 rings (SSSR count). The lowest BCUT2D eigenvalue weighted by atomic mass is 10.1. The van der Waals surface area contributed by atoms with E-state index in [2.05, 4.69) is 19.9 Å². The van der Waals surface area contributed by atoms with Gasteiger partial charge in [0.1, 0.15) is 35.1 Å². The first-order valence-electron chi connectivity index (χ1n) is 6.26. The van der Waals surface area contributed by atoms with Gasteiger partial charge in [0.05, 0.1) is 12.9 Å². The number of aliphatic hydroxyl groups excluding tert-OH is 3. The average molecular weight is 333 g/mol. The molecule has 1 saturated heterocycles. The van der Waals surface area contributed by atoms with E-state index in [9.17, 15) is 4.39 Å². The highest BCUT2D eigenvalue weighted by Gasteiger charge is 2.37. The van der Waals surface area contributed by atoms with Crippen LogP contribution in [0, 0.1) is 6.08 Å². The van der Waals surface area contributed by atoms with Gasteiger partial charge >= 0.3 is 6.08 Å². The average Bonchev–Trinajstić information content (AvgIpc) is 3.06. The van der Waals surface area contributed by atoms with E-state index in [-0.39, 0.29) is 6.61 Å². The van der Waals surface area contributed by atoms with Gasteiger partial charge in [-0.3, -0.25) is 0 Å². The molecule has 0 aromatic carbocycles. The molecule has 1 aliphatic rings. The summed E-state index contributed by atoms with van der Waals surface area (Å²) in [5.41, 5.74) is 6.06. The molecule has 0 radical (unpaired) electrons. The maximum atomic E-state index is 12.7. The van der Waals surface area contributed by atoms with Gasteiger partial charge in [-0.15, -0.1) is 11.8 Å². The number of aromatic amines is 1. The number of nitrogens with zero attached hydrogens (tertiary/aromatic N) is 3. The van der Waals surface area contributed by atoms with Gasteiger partial charge in [-0.1, -0.05) is 0 Å². The maximum Gasteiger partial charge on any atom is 0.311 e. The normalized spacial score (nSPS) is 25.8. The summed E-state index contributed by atoms with van der Waals surface area (Å²) >= 11 is 1.35. The number of imidazole rings is 1. The third kappa shape index (κ3) is 3.69. The third-order valence-corrected chi connectivity index (χ3v) is 3.63. The molecular formula is C11H16FN5O4S. The number of nitrogens with one attached hydrogen (secondary N) is 1. The zero-order chi connectivity index (χ0) is 16.3. The van der Waals surface area contributed by atoms with Crippen molar-refractivity contribution in [2.24, 2.45) is 5.73 Å². The summed E-state index contributed by atoms with van der Waals surface area (Å²) in [6, 6.07) is 0. The van der Waals surface area contributed by atoms with Gasteiger partial charge < -0.3 is 30.8 Å². The van der Waals surface area contributed by atoms with Crippen molar-refractivity contribution in [2.75, 3.05) is 12.9 Å². The quantitative estimate of drug-likeness (QED) is 0.193. The molecule has 1 unspecified atom stereocenters. The molecule has 2 aromatic heterocycles. The Hall–Kier alpha value is -1.37. The lowest BCUT2D eigenvalue weighted by Crippen LogP contribution is -2.43. The zero-order valence-corrected chi connectivity index (χ0v) is 12.4. The zero-order valence-electron chi connectivity index (χ0n) is 11.5. The van der Waals surface area contributed by atoms with E-state index in [0.717, 1.165) is 0 Å². The van der Waals surface area contributed by atoms with Crippen molar-refractivity contribution >= 4 is 22.9 Å². The molecule has 0 spiro atoms. The number of nitrogens with two attached hydrogens (primary N) is 1. The SMILES string of the molecule is CSc1nc(F)nc2nc[nH]c12.NC(O)[C@H]1OC[C@H](O)[C@@H]1O. The second kappa shape index (κ2) is 7.26. The van der Waals surface area contributed by atoms with E-state index in [1.807, 2.05) is 6.26 Å². The van der Waals surface area contributed by atoms with Crippen molar-refractivity contribution in [2.45, 2.75) is 29.6 Å². The Morgan fingerprint density at radius 3 is 2.73 bits per heavy atom. The van der Waals surface area contributed by atoms with E-state index in [1.54, 1.807) is 0 Å². The molecule has 4 atom stereocenters. The van der Waals surface area contributed by atoms with Crippen LogP contribution in [0.5, 0.6) is 0 Å². The lowest BCUT2D eigenvalue weighted by Gasteiger charge is -2.16. The minimum absolute atomic E-state index is 0.0279. The second-order valence-electron chi connectivity index (χ2n) is 4.45. The number of rotatable bonds is 2. The molecule has 11 heteroatoms. The first kappa shape index (κ1) is 17.0. The molecule has 122 valence electrons. The fraction of sp³-hybridized carbons (Fsp3) is 0.545. The summed E-state index contributed by atoms with van der Waals surface area (Å²) in [7, 11) is 0. The largest absolute Gasteiger partial charge is 0.388 e. The molecular weight excluding hydrogens is 317 g/mol. The summed E-state index contributed by atoms with van der Waals surface area (Å²) in [4.78, 5) is 13.8. The molecule has 0 aliphatic carbocycles. The smallest absolute Gasteiger partial charge is 0.311 e. The van der Waals surface area contributed by atoms with Gasteiger partial charge in [0.25, 0.3) is 0 Å². The maximum absolute atomic E-state index is 12.7. The van der Waals surface area contributed by atoms with Crippen LogP contribution < -0.4 is 5.73 Å². The number of H-pyrrole nitrogens is 1. The number of ether oxygens (including phenoxy) is 1. The Kier molecular flexibility index (Phi) is 5.61. The van der Waals surface area contributed by atoms with E-state index in [4.69, 9.17) is 25.8 Å². The fourth-order valence-electron chi connectivity index (χ4n) is 1.86. The molecule has 0 bridgehead atoms. The van der Waals surface area contributed by atoms with Crippen LogP contribution in [0.1, 0.15) is 0 Å². The van der Waals surface area contributed by atoms with Crippen molar-refractivity contribution in [3.63, 3.8) is 0 Å². The summed E-state index contributed by atoms with van der Waals surface area (Å²) in [6.07, 6.45) is -1.52. The van der Waals surface area contributed by atoms with Gasteiger partial charge in [-0.25, -0.2) is 4.98 Å². The number of aliphatic hydroxyl groups is 3. The van der Waals surface area contributed by atoms with Crippen LogP contribution in [0.4, 0.5) is 4.39 Å². The Bertz CT molecular complexity index is 628. The lowest BCUT2D eigenvalue weighted by molar-refractivity contribution is -0.0477. The van der Waals surface area contributed by atoms with Crippen LogP contribution in [-0.2, 0) is 4.74 Å². The summed E-state index contributed by atoms with van der Waals surface area (Å²) in [6.45, 7) is 0.0279. The van der Waals surface area contributed by atoms with Crippen LogP contribution in [0.25, 0.3) is 11.2 Å². The van der Waals surface area contributed by atoms with Gasteiger partial charge in [0.2, 0.25) is 0 Å². The number of hydrogen-bond donors (Lipinski definition) is 5. The van der Waals surface area contributed by atoms with Crippen molar-refractivity contribution in [3.05, 3.63) is 12.4 Å². The standard InChI is InChI=1S/C6H5FN4S.C5H11NO4/c1-12-5-3-4(9-2-8-3)10-6(7)11-5;6-5(9)4-3(8)2(7)1-10-4/h2H,1H3,(H,8,9,10,11);2-5,7-9H,1,6H2/t;2-,3-,4-,5?/m.0/s1. The molecule has 6 N–H and O–H groups in total. The Morgan fingerprint density at radius 2 is 2.23 bits per heavy atom. The number of halogens is 1. The first-order chi connectivity index (χ1) is 10.4. The van der Waals surface area contributed by atoms with E-state index >= 15 is 0 Å². The van der Waals surface area contributed by atoms with Gasteiger partial charge in [0, 0.05) is 0 Å². The topological polar surface area (TPSA) is 150 Å². The fourth-order valence-corrected chi connectivity index (χ4v) is 2.38. The molecule has 22 heavy (non-hydrogen) atoms. The van der Waals surface area contributed by atoms with Crippen LogP contribution in [0.2, 0.25) is 0 Å². The molecule has 9 nitrogen and oxygen atoms in total. The Balaban J connectivity index is 0.000000164. The molecule has 2 aromatic rings. The van der Waals surface area contributed by atoms with E-state index in [0.29, 0.717) is 16.2 Å². The number of hydrogen-bond acceptors (Lipinski definition) is 9. The highest BCUT2D eigenvalue weighted by atomic mass is 32.2. The Morgan fingerprint density at radius 1 is 1.50 bits per heavy atom. The third-order valence-electron chi connectivity index (χ3n) is 2.95. The monoisotopic (exact) mass is 333 g/mol. The molecule has 1 aliphatic heterocycles. The van der Waals surface area contributed by atoms with E-state index in [1.165, 1.54) is 18.1 Å². The molecule has 1 fully saturated rings. The predicted octanol–water partition coefficient (Wildman–Crippen LogP) is -1.40. The first-order valence-corrected chi connectivity index (χ1v) is 7.48. The molecule has 0 saturated carbocycles. The molecule has 3 heterocycles. The summed E-state index contributed by atoms with van der Waals surface area (Å²) in [5, 5.41) is 27.2. The highest BCUT2D eigenvalue weighted by Crippen LogP contribution is 2.19. The number of thioether (sulfide) groups is 1. The van der Waals surface area contributed by atoms with Gasteiger partial charge in [-0.05, 0) is 6.26 Å². The molecule has 0 amide bonds. The van der Waals surface area contributed by atoms with Gasteiger partial charge in [-0.2, -0.15) is 14.4 Å². The van der Waals surface area contributed by atoms with Crippen molar-refractivity contribution < 1.29 is 24.4 Å². The number of aromatic nitrogens is 4. The van der Waals surface area contributed by atoms with Crippen molar-refractivity contribution in [1.82, 2.24) is 19.9 Å². The van der Waals surface area contributed by atoms with Gasteiger partial charge in [0.15, 0.2) is 5.65 Å². The van der Waals surface area contributed by atoms with Crippen molar-refractivity contribution in [1.29, 1.82) is 0 Å². The van der Waals surface area contributed by atoms with E-state index < -0.39 is 30.6 Å².